The summed E-state index contributed by atoms with van der Waals surface area (Å²) in [6.45, 7) is 8.91. The van der Waals surface area contributed by atoms with Crippen molar-refractivity contribution in [2.24, 2.45) is 4.99 Å². The molecule has 0 aliphatic rings. The lowest BCUT2D eigenvalue weighted by atomic mass is 10.1. The van der Waals surface area contributed by atoms with Crippen molar-refractivity contribution in [1.82, 2.24) is 25.4 Å². The number of benzene rings is 1. The number of ether oxygens (including phenoxy) is 1. The third-order valence-electron chi connectivity index (χ3n) is 4.47. The number of H-pyrrole nitrogens is 1. The number of aliphatic imine (C=N–C) groups is 1. The van der Waals surface area contributed by atoms with Crippen molar-refractivity contribution in [2.45, 2.75) is 27.2 Å². The van der Waals surface area contributed by atoms with Gasteiger partial charge in [0.15, 0.2) is 11.7 Å². The molecule has 30 heavy (non-hydrogen) atoms. The van der Waals surface area contributed by atoms with Gasteiger partial charge in [-0.25, -0.2) is 4.98 Å². The van der Waals surface area contributed by atoms with Gasteiger partial charge in [0.2, 0.25) is 5.82 Å². The van der Waals surface area contributed by atoms with Gasteiger partial charge in [-0.2, -0.15) is 5.10 Å². The molecule has 3 rings (SSSR count). The van der Waals surface area contributed by atoms with Crippen LogP contribution in [0, 0.1) is 13.8 Å². The van der Waals surface area contributed by atoms with Crippen LogP contribution in [0.4, 0.5) is 0 Å². The van der Waals surface area contributed by atoms with Gasteiger partial charge in [0.1, 0.15) is 18.2 Å². The van der Waals surface area contributed by atoms with Gasteiger partial charge in [-0.15, -0.1) is 0 Å². The first-order chi connectivity index (χ1) is 14.5. The molecule has 0 fully saturated rings. The molecule has 0 amide bonds. The molecule has 1 aromatic carbocycles. The van der Waals surface area contributed by atoms with Crippen molar-refractivity contribution < 1.29 is 9.15 Å². The molecule has 0 atom stereocenters. The largest absolute Gasteiger partial charge is 0.492 e. The highest BCUT2D eigenvalue weighted by atomic mass is 16.5. The number of furan rings is 1. The number of nitrogens with one attached hydrogen (secondary N) is 2. The number of likely N-dealkylation sites (N-methyl/N-ethyl adjacent to an activating group) is 1. The number of aromatic nitrogens is 3. The Hall–Kier alpha value is -3.29. The fourth-order valence-electron chi connectivity index (χ4n) is 3.08. The first kappa shape index (κ1) is 21.4. The molecule has 0 aliphatic carbocycles. The second-order valence-corrected chi connectivity index (χ2v) is 7.16. The summed E-state index contributed by atoms with van der Waals surface area (Å²) >= 11 is 0. The van der Waals surface area contributed by atoms with Crippen LogP contribution in [0.5, 0.6) is 5.75 Å². The quantitative estimate of drug-likeness (QED) is 0.416. The summed E-state index contributed by atoms with van der Waals surface area (Å²) in [6, 6.07) is 9.91. The van der Waals surface area contributed by atoms with Gasteiger partial charge in [0.25, 0.3) is 0 Å². The van der Waals surface area contributed by atoms with Crippen LogP contribution in [0.1, 0.15) is 23.9 Å². The molecular weight excluding hydrogens is 380 g/mol. The van der Waals surface area contributed by atoms with E-state index in [4.69, 9.17) is 14.1 Å². The third-order valence-corrected chi connectivity index (χ3v) is 4.47. The Balaban J connectivity index is 1.50. The minimum atomic E-state index is 0.562. The molecule has 2 N–H and O–H groups in total. The van der Waals surface area contributed by atoms with E-state index in [2.05, 4.69) is 64.4 Å². The molecule has 160 valence electrons. The number of hydrogen-bond donors (Lipinski definition) is 2. The summed E-state index contributed by atoms with van der Waals surface area (Å²) in [5, 5.41) is 10.5. The second kappa shape index (κ2) is 10.5. The molecule has 0 saturated heterocycles. The van der Waals surface area contributed by atoms with Crippen LogP contribution in [0.15, 0.2) is 46.0 Å². The molecule has 3 aromatic rings. The van der Waals surface area contributed by atoms with Crippen LogP contribution in [0.25, 0.3) is 11.6 Å². The monoisotopic (exact) mass is 410 g/mol. The Morgan fingerprint density at radius 2 is 2.07 bits per heavy atom. The maximum absolute atomic E-state index is 5.92. The molecule has 0 aliphatic heterocycles. The average molecular weight is 411 g/mol. The first-order valence-electron chi connectivity index (χ1n) is 10.2. The Labute approximate surface area is 177 Å². The lowest BCUT2D eigenvalue weighted by Gasteiger charge is -2.22. The van der Waals surface area contributed by atoms with E-state index in [1.165, 1.54) is 11.1 Å². The number of aryl methyl sites for hydroxylation is 2. The zero-order valence-corrected chi connectivity index (χ0v) is 18.1. The number of hydrogen-bond acceptors (Lipinski definition) is 5. The van der Waals surface area contributed by atoms with Crippen LogP contribution in [-0.2, 0) is 6.42 Å². The van der Waals surface area contributed by atoms with Crippen LogP contribution in [0.3, 0.4) is 0 Å². The van der Waals surface area contributed by atoms with Crippen molar-refractivity contribution >= 4 is 5.96 Å². The maximum atomic E-state index is 5.92. The fraction of sp³-hybridized carbons (Fsp3) is 0.409. The number of nitrogens with zero attached hydrogens (tertiary/aromatic N) is 4. The van der Waals surface area contributed by atoms with E-state index >= 15 is 0 Å². The molecule has 8 nitrogen and oxygen atoms in total. The van der Waals surface area contributed by atoms with Crippen LogP contribution in [-0.4, -0.2) is 59.3 Å². The molecular formula is C22H30N6O2. The van der Waals surface area contributed by atoms with E-state index in [9.17, 15) is 0 Å². The minimum Gasteiger partial charge on any atom is -0.492 e. The molecule has 0 radical (unpaired) electrons. The SMILES string of the molecule is CCNC(=NCCc1nc(-c2ccco2)n[nH]1)N(C)CCOc1cc(C)cc(C)c1. The summed E-state index contributed by atoms with van der Waals surface area (Å²) in [5.41, 5.74) is 2.41. The Kier molecular flexibility index (Phi) is 7.48. The van der Waals surface area contributed by atoms with Crippen LogP contribution < -0.4 is 10.1 Å². The minimum absolute atomic E-state index is 0.562. The van der Waals surface area contributed by atoms with Crippen molar-refractivity contribution in [3.05, 3.63) is 53.5 Å². The predicted octanol–water partition coefficient (Wildman–Crippen LogP) is 3.20. The summed E-state index contributed by atoms with van der Waals surface area (Å²) in [6.07, 6.45) is 2.27. The van der Waals surface area contributed by atoms with Crippen molar-refractivity contribution in [3.8, 4) is 17.3 Å². The van der Waals surface area contributed by atoms with Crippen molar-refractivity contribution in [1.29, 1.82) is 0 Å². The van der Waals surface area contributed by atoms with Crippen LogP contribution in [0.2, 0.25) is 0 Å². The first-order valence-corrected chi connectivity index (χ1v) is 10.2. The van der Waals surface area contributed by atoms with E-state index in [1.54, 1.807) is 6.26 Å². The van der Waals surface area contributed by atoms with E-state index in [1.807, 2.05) is 19.2 Å². The van der Waals surface area contributed by atoms with Crippen LogP contribution >= 0.6 is 0 Å². The summed E-state index contributed by atoms with van der Waals surface area (Å²) in [7, 11) is 2.01. The lowest BCUT2D eigenvalue weighted by Crippen LogP contribution is -2.41. The number of aromatic amines is 1. The van der Waals surface area contributed by atoms with Gasteiger partial charge >= 0.3 is 0 Å². The van der Waals surface area contributed by atoms with Gasteiger partial charge < -0.3 is 19.4 Å². The van der Waals surface area contributed by atoms with Crippen molar-refractivity contribution in [2.75, 3.05) is 33.3 Å². The van der Waals surface area contributed by atoms with E-state index < -0.39 is 0 Å². The summed E-state index contributed by atoms with van der Waals surface area (Å²) < 4.78 is 11.2. The third kappa shape index (κ3) is 6.10. The van der Waals surface area contributed by atoms with Gasteiger partial charge in [0.05, 0.1) is 12.8 Å². The molecule has 0 saturated carbocycles. The molecule has 2 heterocycles. The highest BCUT2D eigenvalue weighted by Crippen LogP contribution is 2.16. The molecule has 2 aromatic heterocycles. The van der Waals surface area contributed by atoms with Gasteiger partial charge in [0, 0.05) is 26.6 Å². The van der Waals surface area contributed by atoms with Gasteiger partial charge in [-0.1, -0.05) is 6.07 Å². The Morgan fingerprint density at radius 3 is 2.77 bits per heavy atom. The maximum Gasteiger partial charge on any atom is 0.216 e. The summed E-state index contributed by atoms with van der Waals surface area (Å²) in [5.74, 6) is 3.74. The zero-order valence-electron chi connectivity index (χ0n) is 18.1. The van der Waals surface area contributed by atoms with Crippen molar-refractivity contribution in [3.63, 3.8) is 0 Å². The smallest absolute Gasteiger partial charge is 0.216 e. The molecule has 0 unspecified atom stereocenters. The molecule has 8 heteroatoms. The topological polar surface area (TPSA) is 91.6 Å². The Bertz CT molecular complexity index is 928. The van der Waals surface area contributed by atoms with Gasteiger partial charge in [-0.3, -0.25) is 10.1 Å². The zero-order chi connectivity index (χ0) is 21.3. The highest BCUT2D eigenvalue weighted by Gasteiger charge is 2.09. The summed E-state index contributed by atoms with van der Waals surface area (Å²) in [4.78, 5) is 11.2. The fourth-order valence-corrected chi connectivity index (χ4v) is 3.08. The number of rotatable bonds is 9. The average Bonchev–Trinajstić information content (AvgIpc) is 3.38. The Morgan fingerprint density at radius 1 is 1.27 bits per heavy atom. The van der Waals surface area contributed by atoms with E-state index in [0.717, 1.165) is 30.6 Å². The molecule has 0 bridgehead atoms. The number of guanidine groups is 1. The highest BCUT2D eigenvalue weighted by molar-refractivity contribution is 5.79. The van der Waals surface area contributed by atoms with E-state index in [0.29, 0.717) is 31.2 Å². The molecule has 0 spiro atoms. The second-order valence-electron chi connectivity index (χ2n) is 7.16. The standard InChI is InChI=1S/C22H30N6O2/c1-5-23-22(28(4)10-12-29-18-14-16(2)13-17(3)15-18)24-9-8-20-25-21(27-26-20)19-7-6-11-30-19/h6-7,11,13-15H,5,8-10,12H2,1-4H3,(H,23,24)(H,25,26,27). The lowest BCUT2D eigenvalue weighted by molar-refractivity contribution is 0.281. The van der Waals surface area contributed by atoms with E-state index in [-0.39, 0.29) is 0 Å². The predicted molar refractivity (Wildman–Crippen MR) is 118 cm³/mol. The normalized spacial score (nSPS) is 11.5. The van der Waals surface area contributed by atoms with Gasteiger partial charge in [-0.05, 0) is 56.2 Å².